The summed E-state index contributed by atoms with van der Waals surface area (Å²) >= 11 is 0. The fraction of sp³-hybridized carbons (Fsp3) is 0.118. The predicted molar refractivity (Wildman–Crippen MR) is 84.3 cm³/mol. The third kappa shape index (κ3) is 2.89. The molecule has 0 bridgehead atoms. The molecule has 0 atom stereocenters. The van der Waals surface area contributed by atoms with E-state index in [0.29, 0.717) is 6.61 Å². The Morgan fingerprint density at radius 1 is 1.10 bits per heavy atom. The minimum atomic E-state index is 0.529. The summed E-state index contributed by atoms with van der Waals surface area (Å²) in [5.74, 6) is 1.60. The first-order chi connectivity index (χ1) is 10.4. The van der Waals surface area contributed by atoms with E-state index in [1.807, 2.05) is 49.6 Å². The Balaban J connectivity index is 1.91. The lowest BCUT2D eigenvalue weighted by atomic mass is 10.1. The molecule has 0 radical (unpaired) electrons. The van der Waals surface area contributed by atoms with Gasteiger partial charge in [-0.2, -0.15) is 0 Å². The average Bonchev–Trinajstić information content (AvgIpc) is 3.07. The van der Waals surface area contributed by atoms with Gasteiger partial charge >= 0.3 is 0 Å². The average molecular weight is 279 g/mol. The maximum Gasteiger partial charge on any atom is 0.143 e. The van der Waals surface area contributed by atoms with E-state index in [1.54, 1.807) is 6.20 Å². The number of ether oxygens (including phenoxy) is 1. The molecule has 0 aliphatic rings. The van der Waals surface area contributed by atoms with E-state index in [1.165, 1.54) is 0 Å². The van der Waals surface area contributed by atoms with Crippen molar-refractivity contribution in [3.8, 4) is 17.1 Å². The highest BCUT2D eigenvalue weighted by atomic mass is 16.5. The second kappa shape index (κ2) is 6.13. The third-order valence-electron chi connectivity index (χ3n) is 3.27. The highest BCUT2D eigenvalue weighted by Gasteiger charge is 2.13. The molecule has 3 rings (SSSR count). The molecule has 0 aliphatic heterocycles. The highest BCUT2D eigenvalue weighted by molar-refractivity contribution is 5.79. The fourth-order valence-corrected chi connectivity index (χ4v) is 2.24. The van der Waals surface area contributed by atoms with Gasteiger partial charge < -0.3 is 15.0 Å². The summed E-state index contributed by atoms with van der Waals surface area (Å²) in [6.45, 7) is 0.529. The predicted octanol–water partition coefficient (Wildman–Crippen LogP) is 3.70. The first-order valence-corrected chi connectivity index (χ1v) is 6.85. The van der Waals surface area contributed by atoms with Crippen molar-refractivity contribution in [3.63, 3.8) is 0 Å². The molecule has 4 heteroatoms. The van der Waals surface area contributed by atoms with Gasteiger partial charge in [0, 0.05) is 25.1 Å². The van der Waals surface area contributed by atoms with Gasteiger partial charge in [0.2, 0.25) is 0 Å². The van der Waals surface area contributed by atoms with Crippen molar-refractivity contribution in [2.45, 2.75) is 6.61 Å². The number of benzene rings is 2. The van der Waals surface area contributed by atoms with Crippen LogP contribution in [-0.4, -0.2) is 17.0 Å². The van der Waals surface area contributed by atoms with Crippen LogP contribution in [0.3, 0.4) is 0 Å². The molecule has 0 spiro atoms. The summed E-state index contributed by atoms with van der Waals surface area (Å²) in [5.41, 5.74) is 3.06. The number of nitrogens with one attached hydrogen (secondary N) is 2. The van der Waals surface area contributed by atoms with Gasteiger partial charge in [-0.15, -0.1) is 0 Å². The fourth-order valence-electron chi connectivity index (χ4n) is 2.24. The van der Waals surface area contributed by atoms with Gasteiger partial charge in [0.05, 0.1) is 5.56 Å². The van der Waals surface area contributed by atoms with Crippen LogP contribution in [-0.2, 0) is 6.61 Å². The Morgan fingerprint density at radius 3 is 2.67 bits per heavy atom. The molecule has 0 saturated carbocycles. The van der Waals surface area contributed by atoms with Crippen molar-refractivity contribution in [2.75, 3.05) is 12.4 Å². The first-order valence-electron chi connectivity index (χ1n) is 6.85. The number of H-pyrrole nitrogens is 1. The Bertz CT molecular complexity index is 693. The molecule has 0 aliphatic carbocycles. The zero-order chi connectivity index (χ0) is 14.5. The van der Waals surface area contributed by atoms with E-state index >= 15 is 0 Å². The van der Waals surface area contributed by atoms with Gasteiger partial charge in [-0.05, 0) is 17.7 Å². The SMILES string of the molecule is CNc1cccc(OCc2ccccc2)c1-c1ncc[nH]1. The molecule has 0 fully saturated rings. The van der Waals surface area contributed by atoms with Crippen LogP contribution in [0.15, 0.2) is 60.9 Å². The van der Waals surface area contributed by atoms with Crippen LogP contribution in [0.2, 0.25) is 0 Å². The van der Waals surface area contributed by atoms with Gasteiger partial charge in [-0.25, -0.2) is 4.98 Å². The minimum Gasteiger partial charge on any atom is -0.488 e. The number of anilines is 1. The van der Waals surface area contributed by atoms with Crippen molar-refractivity contribution in [2.24, 2.45) is 0 Å². The molecule has 1 heterocycles. The molecule has 3 aromatic rings. The number of aromatic amines is 1. The molecule has 2 N–H and O–H groups in total. The first kappa shape index (κ1) is 13.2. The lowest BCUT2D eigenvalue weighted by molar-refractivity contribution is 0.307. The lowest BCUT2D eigenvalue weighted by Crippen LogP contribution is -2.00. The molecule has 0 unspecified atom stereocenters. The molecule has 0 amide bonds. The molecule has 4 nitrogen and oxygen atoms in total. The normalized spacial score (nSPS) is 10.3. The standard InChI is InChI=1S/C17H17N3O/c1-18-14-8-5-9-15(16(14)17-19-10-11-20-17)21-12-13-6-3-2-4-7-13/h2-11,18H,12H2,1H3,(H,19,20). The van der Waals surface area contributed by atoms with Crippen molar-refractivity contribution in [1.82, 2.24) is 9.97 Å². The van der Waals surface area contributed by atoms with E-state index in [4.69, 9.17) is 4.74 Å². The van der Waals surface area contributed by atoms with E-state index < -0.39 is 0 Å². The van der Waals surface area contributed by atoms with Crippen molar-refractivity contribution < 1.29 is 4.74 Å². The number of nitrogens with zero attached hydrogens (tertiary/aromatic N) is 1. The molecule has 1 aromatic heterocycles. The molecule has 2 aromatic carbocycles. The number of hydrogen-bond donors (Lipinski definition) is 2. The summed E-state index contributed by atoms with van der Waals surface area (Å²) in [4.78, 5) is 7.47. The van der Waals surface area contributed by atoms with Crippen molar-refractivity contribution in [3.05, 3.63) is 66.5 Å². The molecular weight excluding hydrogens is 262 g/mol. The van der Waals surface area contributed by atoms with Gasteiger partial charge in [-0.1, -0.05) is 36.4 Å². The highest BCUT2D eigenvalue weighted by Crippen LogP contribution is 2.35. The van der Waals surface area contributed by atoms with Crippen molar-refractivity contribution >= 4 is 5.69 Å². The Labute approximate surface area is 123 Å². The second-order valence-corrected chi connectivity index (χ2v) is 4.64. The zero-order valence-electron chi connectivity index (χ0n) is 11.8. The van der Waals surface area contributed by atoms with Crippen LogP contribution in [0.5, 0.6) is 5.75 Å². The van der Waals surface area contributed by atoms with Crippen LogP contribution in [0.25, 0.3) is 11.4 Å². The van der Waals surface area contributed by atoms with E-state index in [9.17, 15) is 0 Å². The molecule has 21 heavy (non-hydrogen) atoms. The minimum absolute atomic E-state index is 0.529. The second-order valence-electron chi connectivity index (χ2n) is 4.64. The number of rotatable bonds is 5. The van der Waals surface area contributed by atoms with Gasteiger partial charge in [0.1, 0.15) is 18.2 Å². The van der Waals surface area contributed by atoms with Crippen LogP contribution >= 0.6 is 0 Å². The van der Waals surface area contributed by atoms with Crippen molar-refractivity contribution in [1.29, 1.82) is 0 Å². The zero-order valence-corrected chi connectivity index (χ0v) is 11.8. The number of imidazole rings is 1. The molecule has 106 valence electrons. The Hall–Kier alpha value is -2.75. The summed E-state index contributed by atoms with van der Waals surface area (Å²) < 4.78 is 5.99. The molecule has 0 saturated heterocycles. The van der Waals surface area contributed by atoms with Gasteiger partial charge in [-0.3, -0.25) is 0 Å². The largest absolute Gasteiger partial charge is 0.488 e. The monoisotopic (exact) mass is 279 g/mol. The topological polar surface area (TPSA) is 49.9 Å². The van der Waals surface area contributed by atoms with E-state index in [-0.39, 0.29) is 0 Å². The van der Waals surface area contributed by atoms with Crippen LogP contribution in [0.4, 0.5) is 5.69 Å². The van der Waals surface area contributed by atoms with Crippen LogP contribution in [0, 0.1) is 0 Å². The lowest BCUT2D eigenvalue weighted by Gasteiger charge is -2.14. The third-order valence-corrected chi connectivity index (χ3v) is 3.27. The quantitative estimate of drug-likeness (QED) is 0.748. The van der Waals surface area contributed by atoms with Crippen LogP contribution < -0.4 is 10.1 Å². The smallest absolute Gasteiger partial charge is 0.143 e. The van der Waals surface area contributed by atoms with Crippen LogP contribution in [0.1, 0.15) is 5.56 Å². The van der Waals surface area contributed by atoms with Gasteiger partial charge in [0.25, 0.3) is 0 Å². The Morgan fingerprint density at radius 2 is 1.95 bits per heavy atom. The molecular formula is C17H17N3O. The summed E-state index contributed by atoms with van der Waals surface area (Å²) in [7, 11) is 1.89. The number of aromatic nitrogens is 2. The maximum atomic E-state index is 5.99. The maximum absolute atomic E-state index is 5.99. The van der Waals surface area contributed by atoms with E-state index in [0.717, 1.165) is 28.4 Å². The summed E-state index contributed by atoms with van der Waals surface area (Å²) in [5, 5.41) is 3.18. The van der Waals surface area contributed by atoms with Gasteiger partial charge in [0.15, 0.2) is 0 Å². The Kier molecular flexibility index (Phi) is 3.87. The summed E-state index contributed by atoms with van der Waals surface area (Å²) in [6, 6.07) is 16.1. The van der Waals surface area contributed by atoms with E-state index in [2.05, 4.69) is 27.4 Å². The summed E-state index contributed by atoms with van der Waals surface area (Å²) in [6.07, 6.45) is 3.55. The number of hydrogen-bond acceptors (Lipinski definition) is 3.